The lowest BCUT2D eigenvalue weighted by atomic mass is 9.84. The number of ketones is 1. The van der Waals surface area contributed by atoms with Crippen molar-refractivity contribution in [3.8, 4) is 0 Å². The second kappa shape index (κ2) is 4.53. The predicted molar refractivity (Wildman–Crippen MR) is 49.4 cm³/mol. The summed E-state index contributed by atoms with van der Waals surface area (Å²) in [6.07, 6.45) is 8.03. The minimum Gasteiger partial charge on any atom is -0.295 e. The maximum atomic E-state index is 10.7. The van der Waals surface area contributed by atoms with Crippen LogP contribution < -0.4 is 0 Å². The van der Waals surface area contributed by atoms with Gasteiger partial charge in [0.25, 0.3) is 0 Å². The van der Waals surface area contributed by atoms with Gasteiger partial charge in [-0.25, -0.2) is 4.89 Å². The highest BCUT2D eigenvalue weighted by Gasteiger charge is 2.30. The molecule has 0 atom stereocenters. The highest BCUT2D eigenvalue weighted by Crippen LogP contribution is 2.32. The molecule has 1 saturated carbocycles. The second-order valence-electron chi connectivity index (χ2n) is 3.66. The molecule has 1 aliphatic carbocycles. The summed E-state index contributed by atoms with van der Waals surface area (Å²) in [4.78, 5) is 15.2. The summed E-state index contributed by atoms with van der Waals surface area (Å²) in [6, 6.07) is 0. The standard InChI is InChI=1S/C10H16O3/c1-9(11)5-8-10(13-12)6-3-2-4-7-10/h5,8,12H,2-4,6-7H2,1H3/b8-5+. The quantitative estimate of drug-likeness (QED) is 0.416. The number of carbonyl (C=O) groups excluding carboxylic acids is 1. The average molecular weight is 184 g/mol. The Morgan fingerprint density at radius 1 is 1.38 bits per heavy atom. The molecule has 3 nitrogen and oxygen atoms in total. The number of allylic oxidation sites excluding steroid dienone is 1. The Morgan fingerprint density at radius 2 is 2.00 bits per heavy atom. The molecule has 0 saturated heterocycles. The molecular formula is C10H16O3. The number of carbonyl (C=O) groups is 1. The molecule has 0 aromatic heterocycles. The molecule has 0 bridgehead atoms. The zero-order chi connectivity index (χ0) is 9.73. The van der Waals surface area contributed by atoms with Crippen LogP contribution in [-0.4, -0.2) is 16.6 Å². The third kappa shape index (κ3) is 2.94. The van der Waals surface area contributed by atoms with Gasteiger partial charge in [0.05, 0.1) is 0 Å². The summed E-state index contributed by atoms with van der Waals surface area (Å²) >= 11 is 0. The SMILES string of the molecule is CC(=O)/C=C/C1(OO)CCCCC1. The fourth-order valence-corrected chi connectivity index (χ4v) is 1.71. The Kier molecular flexibility index (Phi) is 3.63. The number of hydrogen-bond donors (Lipinski definition) is 1. The summed E-state index contributed by atoms with van der Waals surface area (Å²) in [6.45, 7) is 1.49. The summed E-state index contributed by atoms with van der Waals surface area (Å²) < 4.78 is 0. The van der Waals surface area contributed by atoms with Crippen molar-refractivity contribution in [2.75, 3.05) is 0 Å². The predicted octanol–water partition coefficient (Wildman–Crippen LogP) is 2.32. The smallest absolute Gasteiger partial charge is 0.152 e. The zero-order valence-electron chi connectivity index (χ0n) is 7.95. The maximum absolute atomic E-state index is 10.7. The van der Waals surface area contributed by atoms with Crippen LogP contribution >= 0.6 is 0 Å². The molecule has 74 valence electrons. The summed E-state index contributed by atoms with van der Waals surface area (Å²) in [7, 11) is 0. The molecule has 1 aliphatic rings. The van der Waals surface area contributed by atoms with Gasteiger partial charge in [-0.05, 0) is 31.9 Å². The van der Waals surface area contributed by atoms with E-state index in [1.807, 2.05) is 0 Å². The van der Waals surface area contributed by atoms with E-state index in [9.17, 15) is 4.79 Å². The molecule has 1 rings (SSSR count). The molecule has 3 heteroatoms. The lowest BCUT2D eigenvalue weighted by Crippen LogP contribution is -2.31. The van der Waals surface area contributed by atoms with Crippen molar-refractivity contribution in [2.45, 2.75) is 44.6 Å². The van der Waals surface area contributed by atoms with Gasteiger partial charge in [0.1, 0.15) is 5.60 Å². The van der Waals surface area contributed by atoms with Gasteiger partial charge in [-0.1, -0.05) is 19.3 Å². The minimum atomic E-state index is -0.593. The fourth-order valence-electron chi connectivity index (χ4n) is 1.71. The Labute approximate surface area is 78.3 Å². The van der Waals surface area contributed by atoms with Crippen molar-refractivity contribution in [1.82, 2.24) is 0 Å². The lowest BCUT2D eigenvalue weighted by molar-refractivity contribution is -0.314. The first-order valence-corrected chi connectivity index (χ1v) is 4.71. The first kappa shape index (κ1) is 10.4. The summed E-state index contributed by atoms with van der Waals surface area (Å²) in [5.41, 5.74) is -0.593. The third-order valence-corrected chi connectivity index (χ3v) is 2.50. The lowest BCUT2D eigenvalue weighted by Gasteiger charge is -2.30. The molecule has 0 radical (unpaired) electrons. The number of rotatable bonds is 3. The molecule has 0 unspecified atom stereocenters. The van der Waals surface area contributed by atoms with E-state index in [-0.39, 0.29) is 5.78 Å². The van der Waals surface area contributed by atoms with Gasteiger partial charge >= 0.3 is 0 Å². The molecule has 0 heterocycles. The first-order valence-electron chi connectivity index (χ1n) is 4.71. The number of hydrogen-bond acceptors (Lipinski definition) is 3. The van der Waals surface area contributed by atoms with Crippen LogP contribution in [0.1, 0.15) is 39.0 Å². The van der Waals surface area contributed by atoms with Crippen LogP contribution in [0.3, 0.4) is 0 Å². The fraction of sp³-hybridized carbons (Fsp3) is 0.700. The molecule has 0 aliphatic heterocycles. The van der Waals surface area contributed by atoms with Crippen LogP contribution in [0, 0.1) is 0 Å². The Morgan fingerprint density at radius 3 is 2.46 bits per heavy atom. The molecule has 13 heavy (non-hydrogen) atoms. The third-order valence-electron chi connectivity index (χ3n) is 2.50. The van der Waals surface area contributed by atoms with E-state index in [4.69, 9.17) is 5.26 Å². The van der Waals surface area contributed by atoms with Crippen LogP contribution in [0.4, 0.5) is 0 Å². The van der Waals surface area contributed by atoms with Gasteiger partial charge in [-0.2, -0.15) is 0 Å². The maximum Gasteiger partial charge on any atom is 0.152 e. The van der Waals surface area contributed by atoms with Crippen molar-refractivity contribution in [3.05, 3.63) is 12.2 Å². The molecule has 1 N–H and O–H groups in total. The molecule has 0 aromatic carbocycles. The van der Waals surface area contributed by atoms with E-state index in [1.165, 1.54) is 19.4 Å². The van der Waals surface area contributed by atoms with Gasteiger partial charge in [-0.15, -0.1) is 0 Å². The van der Waals surface area contributed by atoms with E-state index < -0.39 is 5.60 Å². The highest BCUT2D eigenvalue weighted by molar-refractivity contribution is 5.87. The first-order chi connectivity index (χ1) is 6.18. The summed E-state index contributed by atoms with van der Waals surface area (Å²) in [5, 5.41) is 8.79. The topological polar surface area (TPSA) is 46.5 Å². The Hall–Kier alpha value is -0.670. The molecule has 0 amide bonds. The zero-order valence-corrected chi connectivity index (χ0v) is 7.95. The van der Waals surface area contributed by atoms with Gasteiger partial charge < -0.3 is 0 Å². The van der Waals surface area contributed by atoms with Gasteiger partial charge in [0.15, 0.2) is 5.78 Å². The Bertz CT molecular complexity index is 202. The van der Waals surface area contributed by atoms with Crippen LogP contribution in [0.5, 0.6) is 0 Å². The van der Waals surface area contributed by atoms with E-state index in [1.54, 1.807) is 6.08 Å². The van der Waals surface area contributed by atoms with Gasteiger partial charge in [-0.3, -0.25) is 10.1 Å². The van der Waals surface area contributed by atoms with E-state index in [0.717, 1.165) is 25.7 Å². The van der Waals surface area contributed by atoms with Crippen molar-refractivity contribution in [1.29, 1.82) is 0 Å². The molecule has 1 fully saturated rings. The van der Waals surface area contributed by atoms with Gasteiger partial charge in [0, 0.05) is 0 Å². The van der Waals surface area contributed by atoms with Crippen molar-refractivity contribution in [3.63, 3.8) is 0 Å². The Balaban J connectivity index is 2.62. The van der Waals surface area contributed by atoms with E-state index >= 15 is 0 Å². The van der Waals surface area contributed by atoms with Crippen LogP contribution in [0.25, 0.3) is 0 Å². The average Bonchev–Trinajstić information content (AvgIpc) is 2.16. The van der Waals surface area contributed by atoms with E-state index in [0.29, 0.717) is 0 Å². The molecular weight excluding hydrogens is 168 g/mol. The normalized spacial score (nSPS) is 22.0. The molecule has 0 spiro atoms. The summed E-state index contributed by atoms with van der Waals surface area (Å²) in [5.74, 6) is -0.0120. The molecule has 0 aromatic rings. The monoisotopic (exact) mass is 184 g/mol. The minimum absolute atomic E-state index is 0.0120. The van der Waals surface area contributed by atoms with Crippen molar-refractivity contribution in [2.24, 2.45) is 0 Å². The largest absolute Gasteiger partial charge is 0.295 e. The second-order valence-corrected chi connectivity index (χ2v) is 3.66. The van der Waals surface area contributed by atoms with Crippen LogP contribution in [0.2, 0.25) is 0 Å². The van der Waals surface area contributed by atoms with Crippen molar-refractivity contribution < 1.29 is 14.9 Å². The van der Waals surface area contributed by atoms with Crippen molar-refractivity contribution >= 4 is 5.78 Å². The van der Waals surface area contributed by atoms with Crippen LogP contribution in [-0.2, 0) is 9.68 Å². The van der Waals surface area contributed by atoms with Gasteiger partial charge in [0.2, 0.25) is 0 Å². The van der Waals surface area contributed by atoms with E-state index in [2.05, 4.69) is 4.89 Å². The highest BCUT2D eigenvalue weighted by atomic mass is 17.1. The van der Waals surface area contributed by atoms with Crippen LogP contribution in [0.15, 0.2) is 12.2 Å².